The van der Waals surface area contributed by atoms with Gasteiger partial charge in [0.1, 0.15) is 0 Å². The summed E-state index contributed by atoms with van der Waals surface area (Å²) in [5.74, 6) is 0.577. The number of thiol groups is 1. The van der Waals surface area contributed by atoms with Crippen molar-refractivity contribution >= 4 is 18.3 Å². The number of hydrogen-bond acceptors (Lipinski definition) is 2. The van der Waals surface area contributed by atoms with E-state index in [0.29, 0.717) is 5.92 Å². The summed E-state index contributed by atoms with van der Waals surface area (Å²) in [5, 5.41) is 0. The molecular formula is C16H21NS. The molecule has 18 heavy (non-hydrogen) atoms. The average Bonchev–Trinajstić information content (AvgIpc) is 2.34. The molecule has 0 spiro atoms. The molecule has 0 heterocycles. The Morgan fingerprint density at radius 2 is 1.50 bits per heavy atom. The molecular weight excluding hydrogens is 238 g/mol. The highest BCUT2D eigenvalue weighted by atomic mass is 32.1. The van der Waals surface area contributed by atoms with Crippen LogP contribution in [-0.4, -0.2) is 0 Å². The van der Waals surface area contributed by atoms with E-state index < -0.39 is 0 Å². The number of hydrogen-bond donors (Lipinski definition) is 2. The molecule has 0 saturated carbocycles. The molecule has 0 fully saturated rings. The monoisotopic (exact) mass is 259 g/mol. The zero-order valence-electron chi connectivity index (χ0n) is 11.2. The second kappa shape index (κ2) is 7.12. The fourth-order valence-electron chi connectivity index (χ4n) is 1.56. The van der Waals surface area contributed by atoms with Crippen LogP contribution in [0.3, 0.4) is 0 Å². The summed E-state index contributed by atoms with van der Waals surface area (Å²) < 4.78 is 0. The van der Waals surface area contributed by atoms with Crippen molar-refractivity contribution in [3.05, 3.63) is 59.7 Å². The van der Waals surface area contributed by atoms with Crippen LogP contribution < -0.4 is 5.73 Å². The second-order valence-electron chi connectivity index (χ2n) is 4.57. The summed E-state index contributed by atoms with van der Waals surface area (Å²) in [4.78, 5) is 1.09. The zero-order chi connectivity index (χ0) is 13.5. The van der Waals surface area contributed by atoms with E-state index >= 15 is 0 Å². The molecule has 96 valence electrons. The van der Waals surface area contributed by atoms with Crippen molar-refractivity contribution < 1.29 is 0 Å². The van der Waals surface area contributed by atoms with Crippen molar-refractivity contribution in [2.45, 2.75) is 31.6 Å². The maximum atomic E-state index is 5.52. The van der Waals surface area contributed by atoms with Crippen molar-refractivity contribution in [2.75, 3.05) is 5.73 Å². The van der Waals surface area contributed by atoms with E-state index in [0.717, 1.165) is 16.1 Å². The number of benzene rings is 2. The number of nitrogens with two attached hydrogens (primary N) is 1. The molecule has 0 aromatic heterocycles. The average molecular weight is 259 g/mol. The van der Waals surface area contributed by atoms with Gasteiger partial charge in [0.2, 0.25) is 0 Å². The maximum absolute atomic E-state index is 5.52. The van der Waals surface area contributed by atoms with Gasteiger partial charge < -0.3 is 5.73 Å². The lowest BCUT2D eigenvalue weighted by molar-refractivity contribution is 0.843. The quantitative estimate of drug-likeness (QED) is 0.564. The van der Waals surface area contributed by atoms with Gasteiger partial charge in [0.15, 0.2) is 0 Å². The molecule has 2 rings (SSSR count). The third-order valence-electron chi connectivity index (χ3n) is 2.75. The van der Waals surface area contributed by atoms with E-state index in [4.69, 9.17) is 5.73 Å². The highest BCUT2D eigenvalue weighted by Gasteiger charge is 2.00. The van der Waals surface area contributed by atoms with E-state index in [-0.39, 0.29) is 0 Å². The normalized spacial score (nSPS) is 9.83. The largest absolute Gasteiger partial charge is 0.399 e. The molecule has 2 aromatic carbocycles. The minimum atomic E-state index is 0.577. The van der Waals surface area contributed by atoms with Gasteiger partial charge in [0.25, 0.3) is 0 Å². The van der Waals surface area contributed by atoms with Gasteiger partial charge >= 0.3 is 0 Å². The first-order valence-corrected chi connectivity index (χ1v) is 6.56. The van der Waals surface area contributed by atoms with Crippen molar-refractivity contribution in [3.8, 4) is 0 Å². The summed E-state index contributed by atoms with van der Waals surface area (Å²) in [6.45, 7) is 6.35. The second-order valence-corrected chi connectivity index (χ2v) is 5.05. The highest BCUT2D eigenvalue weighted by molar-refractivity contribution is 7.80. The Balaban J connectivity index is 0.000000184. The van der Waals surface area contributed by atoms with Crippen molar-refractivity contribution in [1.29, 1.82) is 0 Å². The molecule has 0 aliphatic rings. The van der Waals surface area contributed by atoms with Gasteiger partial charge in [-0.3, -0.25) is 0 Å². The molecule has 0 bridgehead atoms. The summed E-state index contributed by atoms with van der Waals surface area (Å²) in [5.41, 5.74) is 8.86. The van der Waals surface area contributed by atoms with Crippen molar-refractivity contribution in [1.82, 2.24) is 0 Å². The number of nitrogen functional groups attached to an aromatic ring is 1. The van der Waals surface area contributed by atoms with Crippen molar-refractivity contribution in [2.24, 2.45) is 0 Å². The molecule has 0 unspecified atom stereocenters. The molecule has 0 aliphatic carbocycles. The molecule has 0 amide bonds. The van der Waals surface area contributed by atoms with Crippen LogP contribution in [-0.2, 0) is 0 Å². The SMILES string of the molecule is CC(C)c1ccccc1S.Cc1ccccc1N. The zero-order valence-corrected chi connectivity index (χ0v) is 12.1. The van der Waals surface area contributed by atoms with E-state index in [1.165, 1.54) is 5.56 Å². The summed E-state index contributed by atoms with van der Waals surface area (Å²) in [6.07, 6.45) is 0. The van der Waals surface area contributed by atoms with Gasteiger partial charge in [-0.05, 0) is 36.1 Å². The Hall–Kier alpha value is -1.41. The molecule has 2 N–H and O–H groups in total. The van der Waals surface area contributed by atoms with Gasteiger partial charge in [-0.2, -0.15) is 0 Å². The van der Waals surface area contributed by atoms with Crippen molar-refractivity contribution in [3.63, 3.8) is 0 Å². The third kappa shape index (κ3) is 4.46. The first kappa shape index (κ1) is 14.7. The predicted octanol–water partition coefficient (Wildman–Crippen LogP) is 4.68. The Kier molecular flexibility index (Phi) is 5.79. The van der Waals surface area contributed by atoms with Crippen LogP contribution in [0.2, 0.25) is 0 Å². The number of rotatable bonds is 1. The molecule has 1 nitrogen and oxygen atoms in total. The minimum absolute atomic E-state index is 0.577. The lowest BCUT2D eigenvalue weighted by atomic mass is 10.0. The Labute approximate surface area is 115 Å². The van der Waals surface area contributed by atoms with Crippen LogP contribution in [0.4, 0.5) is 5.69 Å². The van der Waals surface area contributed by atoms with Crippen LogP contribution in [0.25, 0.3) is 0 Å². The smallest absolute Gasteiger partial charge is 0.0343 e. The van der Waals surface area contributed by atoms with Gasteiger partial charge in [0, 0.05) is 10.6 Å². The predicted molar refractivity (Wildman–Crippen MR) is 83.4 cm³/mol. The Morgan fingerprint density at radius 1 is 0.944 bits per heavy atom. The molecule has 0 radical (unpaired) electrons. The fourth-order valence-corrected chi connectivity index (χ4v) is 1.98. The summed E-state index contributed by atoms with van der Waals surface area (Å²) >= 11 is 4.34. The number of anilines is 1. The molecule has 2 heteroatoms. The van der Waals surface area contributed by atoms with Gasteiger partial charge in [0.05, 0.1) is 0 Å². The van der Waals surface area contributed by atoms with E-state index in [2.05, 4.69) is 38.6 Å². The lowest BCUT2D eigenvalue weighted by Gasteiger charge is -2.06. The van der Waals surface area contributed by atoms with E-state index in [9.17, 15) is 0 Å². The standard InChI is InChI=1S/C9H12S.C7H9N/c1-7(2)8-5-3-4-6-9(8)10;1-6-4-2-3-5-7(6)8/h3-7,10H,1-2H3;2-5H,8H2,1H3. The van der Waals surface area contributed by atoms with Gasteiger partial charge in [-0.15, -0.1) is 12.6 Å². The number of para-hydroxylation sites is 1. The maximum Gasteiger partial charge on any atom is 0.0343 e. The van der Waals surface area contributed by atoms with Gasteiger partial charge in [-0.25, -0.2) is 0 Å². The number of aryl methyl sites for hydroxylation is 1. The highest BCUT2D eigenvalue weighted by Crippen LogP contribution is 2.21. The molecule has 0 saturated heterocycles. The van der Waals surface area contributed by atoms with E-state index in [1.54, 1.807) is 0 Å². The Bertz CT molecular complexity index is 471. The van der Waals surface area contributed by atoms with Crippen LogP contribution in [0.5, 0.6) is 0 Å². The molecule has 0 atom stereocenters. The van der Waals surface area contributed by atoms with E-state index in [1.807, 2.05) is 43.3 Å². The summed E-state index contributed by atoms with van der Waals surface area (Å²) in [7, 11) is 0. The molecule has 0 aliphatic heterocycles. The summed E-state index contributed by atoms with van der Waals surface area (Å²) in [6, 6.07) is 16.0. The topological polar surface area (TPSA) is 26.0 Å². The Morgan fingerprint density at radius 3 is 1.89 bits per heavy atom. The molecule has 2 aromatic rings. The van der Waals surface area contributed by atoms with Crippen LogP contribution in [0.1, 0.15) is 30.9 Å². The van der Waals surface area contributed by atoms with Crippen LogP contribution in [0.15, 0.2) is 53.4 Å². The lowest BCUT2D eigenvalue weighted by Crippen LogP contribution is -1.87. The third-order valence-corrected chi connectivity index (χ3v) is 3.15. The van der Waals surface area contributed by atoms with Crippen LogP contribution >= 0.6 is 12.6 Å². The minimum Gasteiger partial charge on any atom is -0.399 e. The first-order chi connectivity index (χ1) is 8.52. The first-order valence-electron chi connectivity index (χ1n) is 6.11. The van der Waals surface area contributed by atoms with Crippen LogP contribution in [0, 0.1) is 6.92 Å². The van der Waals surface area contributed by atoms with Gasteiger partial charge in [-0.1, -0.05) is 50.2 Å². The fraction of sp³-hybridized carbons (Fsp3) is 0.250.